The van der Waals surface area contributed by atoms with Crippen LogP contribution in [-0.4, -0.2) is 25.2 Å². The quantitative estimate of drug-likeness (QED) is 0.898. The Bertz CT molecular complexity index is 577. The second kappa shape index (κ2) is 4.50. The first-order chi connectivity index (χ1) is 9.35. The van der Waals surface area contributed by atoms with Crippen LogP contribution >= 0.6 is 11.3 Å². The van der Waals surface area contributed by atoms with Crippen LogP contribution in [0.15, 0.2) is 29.6 Å². The predicted octanol–water partition coefficient (Wildman–Crippen LogP) is 3.62. The molecule has 2 aliphatic rings. The average Bonchev–Trinajstić information content (AvgIpc) is 3.00. The standard InChI is InChI=1S/C16H20N2S/c1-17-12-9-14-2-3-15(10-12)18(14)13-4-5-16-11(8-13)6-7-19-16/h4-8,12,14-15,17H,2-3,9-10H2,1H3. The molecule has 1 N–H and O–H groups in total. The van der Waals surface area contributed by atoms with E-state index in [2.05, 4.69) is 46.9 Å². The molecule has 2 unspecified atom stereocenters. The van der Waals surface area contributed by atoms with Crippen LogP contribution in [0.25, 0.3) is 10.1 Å². The van der Waals surface area contributed by atoms with Gasteiger partial charge in [-0.25, -0.2) is 0 Å². The van der Waals surface area contributed by atoms with Crippen molar-refractivity contribution in [2.24, 2.45) is 0 Å². The molecule has 2 aromatic rings. The van der Waals surface area contributed by atoms with E-state index in [1.54, 1.807) is 0 Å². The van der Waals surface area contributed by atoms with E-state index in [1.807, 2.05) is 11.3 Å². The second-order valence-electron chi connectivity index (χ2n) is 5.89. The lowest BCUT2D eigenvalue weighted by molar-refractivity contribution is 0.374. The highest BCUT2D eigenvalue weighted by molar-refractivity contribution is 7.17. The highest BCUT2D eigenvalue weighted by Gasteiger charge is 2.40. The van der Waals surface area contributed by atoms with Crippen molar-refractivity contribution < 1.29 is 0 Å². The molecule has 0 radical (unpaired) electrons. The number of nitrogens with zero attached hydrogens (tertiary/aromatic N) is 1. The number of nitrogens with one attached hydrogen (secondary N) is 1. The number of hydrogen-bond donors (Lipinski definition) is 1. The third-order valence-electron chi connectivity index (χ3n) is 4.88. The summed E-state index contributed by atoms with van der Waals surface area (Å²) in [6.07, 6.45) is 5.33. The summed E-state index contributed by atoms with van der Waals surface area (Å²) in [5, 5.41) is 7.07. The summed E-state index contributed by atoms with van der Waals surface area (Å²) < 4.78 is 1.40. The van der Waals surface area contributed by atoms with E-state index in [0.29, 0.717) is 0 Å². The Morgan fingerprint density at radius 2 is 1.95 bits per heavy atom. The fraction of sp³-hybridized carbons (Fsp3) is 0.500. The molecule has 2 aliphatic heterocycles. The van der Waals surface area contributed by atoms with Crippen LogP contribution in [0.1, 0.15) is 25.7 Å². The van der Waals surface area contributed by atoms with Gasteiger partial charge in [0.05, 0.1) is 0 Å². The predicted molar refractivity (Wildman–Crippen MR) is 83.2 cm³/mol. The molecule has 1 aromatic carbocycles. The van der Waals surface area contributed by atoms with Crippen molar-refractivity contribution in [1.82, 2.24) is 5.32 Å². The van der Waals surface area contributed by atoms with Crippen molar-refractivity contribution >= 4 is 27.1 Å². The van der Waals surface area contributed by atoms with E-state index in [1.165, 1.54) is 41.5 Å². The maximum Gasteiger partial charge on any atom is 0.0378 e. The van der Waals surface area contributed by atoms with Gasteiger partial charge in [0, 0.05) is 28.5 Å². The third kappa shape index (κ3) is 1.87. The first-order valence-electron chi connectivity index (χ1n) is 7.28. The molecule has 100 valence electrons. The zero-order valence-electron chi connectivity index (χ0n) is 11.3. The molecule has 0 aliphatic carbocycles. The van der Waals surface area contributed by atoms with Gasteiger partial charge in [-0.3, -0.25) is 0 Å². The molecule has 2 fully saturated rings. The molecule has 4 rings (SSSR count). The molecule has 0 spiro atoms. The van der Waals surface area contributed by atoms with Crippen molar-refractivity contribution in [2.45, 2.75) is 43.8 Å². The smallest absolute Gasteiger partial charge is 0.0378 e. The zero-order valence-corrected chi connectivity index (χ0v) is 12.1. The maximum atomic E-state index is 3.48. The first-order valence-corrected chi connectivity index (χ1v) is 8.16. The van der Waals surface area contributed by atoms with Crippen LogP contribution in [0.2, 0.25) is 0 Å². The van der Waals surface area contributed by atoms with E-state index in [-0.39, 0.29) is 0 Å². The molecule has 0 saturated carbocycles. The number of rotatable bonds is 2. The van der Waals surface area contributed by atoms with Gasteiger partial charge in [0.15, 0.2) is 0 Å². The average molecular weight is 272 g/mol. The van der Waals surface area contributed by atoms with E-state index in [0.717, 1.165) is 18.1 Å². The topological polar surface area (TPSA) is 15.3 Å². The molecule has 1 aromatic heterocycles. The van der Waals surface area contributed by atoms with Crippen LogP contribution < -0.4 is 10.2 Å². The van der Waals surface area contributed by atoms with Crippen molar-refractivity contribution in [3.63, 3.8) is 0 Å². The lowest BCUT2D eigenvalue weighted by Crippen LogP contribution is -2.48. The lowest BCUT2D eigenvalue weighted by Gasteiger charge is -2.40. The van der Waals surface area contributed by atoms with Gasteiger partial charge < -0.3 is 10.2 Å². The molecular weight excluding hydrogens is 252 g/mol. The van der Waals surface area contributed by atoms with E-state index in [4.69, 9.17) is 0 Å². The number of benzene rings is 1. The maximum absolute atomic E-state index is 3.48. The number of fused-ring (bicyclic) bond motifs is 3. The van der Waals surface area contributed by atoms with Gasteiger partial charge in [0.25, 0.3) is 0 Å². The van der Waals surface area contributed by atoms with Crippen LogP contribution in [-0.2, 0) is 0 Å². The third-order valence-corrected chi connectivity index (χ3v) is 5.77. The Labute approximate surface area is 118 Å². The fourth-order valence-electron chi connectivity index (χ4n) is 3.95. The van der Waals surface area contributed by atoms with Gasteiger partial charge in [0.2, 0.25) is 0 Å². The minimum Gasteiger partial charge on any atom is -0.365 e. The Hall–Kier alpha value is -1.06. The zero-order chi connectivity index (χ0) is 12.8. The van der Waals surface area contributed by atoms with Crippen molar-refractivity contribution in [2.75, 3.05) is 11.9 Å². The highest BCUT2D eigenvalue weighted by Crippen LogP contribution is 2.40. The molecule has 2 nitrogen and oxygen atoms in total. The SMILES string of the molecule is CNC1CC2CCC(C1)N2c1ccc2sccc2c1. The first kappa shape index (κ1) is 11.7. The normalized spacial score (nSPS) is 30.2. The van der Waals surface area contributed by atoms with Crippen LogP contribution in [0.5, 0.6) is 0 Å². The monoisotopic (exact) mass is 272 g/mol. The van der Waals surface area contributed by atoms with Crippen LogP contribution in [0, 0.1) is 0 Å². The minimum atomic E-state index is 0.721. The van der Waals surface area contributed by atoms with Crippen molar-refractivity contribution in [3.05, 3.63) is 29.6 Å². The van der Waals surface area contributed by atoms with Crippen molar-refractivity contribution in [1.29, 1.82) is 0 Å². The summed E-state index contributed by atoms with van der Waals surface area (Å²) in [5.41, 5.74) is 1.44. The van der Waals surface area contributed by atoms with Gasteiger partial charge >= 0.3 is 0 Å². The van der Waals surface area contributed by atoms with Gasteiger partial charge in [0.1, 0.15) is 0 Å². The number of hydrogen-bond acceptors (Lipinski definition) is 3. The highest BCUT2D eigenvalue weighted by atomic mass is 32.1. The summed E-state index contributed by atoms with van der Waals surface area (Å²) in [7, 11) is 2.11. The fourth-order valence-corrected chi connectivity index (χ4v) is 4.72. The summed E-state index contributed by atoms with van der Waals surface area (Å²) in [6.45, 7) is 0. The van der Waals surface area contributed by atoms with E-state index in [9.17, 15) is 0 Å². The summed E-state index contributed by atoms with van der Waals surface area (Å²) in [4.78, 5) is 2.70. The summed E-state index contributed by atoms with van der Waals surface area (Å²) in [6, 6.07) is 11.4. The molecular formula is C16H20N2S. The Morgan fingerprint density at radius 1 is 1.16 bits per heavy atom. The van der Waals surface area contributed by atoms with Crippen LogP contribution in [0.4, 0.5) is 5.69 Å². The van der Waals surface area contributed by atoms with Gasteiger partial charge in [-0.05, 0) is 67.8 Å². The largest absolute Gasteiger partial charge is 0.365 e. The molecule has 19 heavy (non-hydrogen) atoms. The van der Waals surface area contributed by atoms with Crippen LogP contribution in [0.3, 0.4) is 0 Å². The summed E-state index contributed by atoms with van der Waals surface area (Å²) in [5.74, 6) is 0. The molecule has 2 bridgehead atoms. The van der Waals surface area contributed by atoms with Crippen molar-refractivity contribution in [3.8, 4) is 0 Å². The second-order valence-corrected chi connectivity index (χ2v) is 6.84. The van der Waals surface area contributed by atoms with E-state index < -0.39 is 0 Å². The minimum absolute atomic E-state index is 0.721. The Morgan fingerprint density at radius 3 is 2.68 bits per heavy atom. The van der Waals surface area contributed by atoms with Gasteiger partial charge in [-0.1, -0.05) is 0 Å². The number of anilines is 1. The van der Waals surface area contributed by atoms with E-state index >= 15 is 0 Å². The molecule has 3 heteroatoms. The molecule has 2 saturated heterocycles. The number of thiophene rings is 1. The Kier molecular flexibility index (Phi) is 2.78. The lowest BCUT2D eigenvalue weighted by atomic mass is 9.96. The van der Waals surface area contributed by atoms with Gasteiger partial charge in [-0.15, -0.1) is 11.3 Å². The number of piperidine rings is 1. The summed E-state index contributed by atoms with van der Waals surface area (Å²) >= 11 is 1.84. The Balaban J connectivity index is 1.68. The molecule has 2 atom stereocenters. The molecule has 0 amide bonds. The van der Waals surface area contributed by atoms with Gasteiger partial charge in [-0.2, -0.15) is 0 Å². The molecule has 3 heterocycles.